The number of nitrogens with zero attached hydrogens (tertiary/aromatic N) is 4. The number of fused-ring (bicyclic) bond motifs is 1. The number of hydrogen-bond acceptors (Lipinski definition) is 5. The van der Waals surface area contributed by atoms with Crippen molar-refractivity contribution >= 4 is 29.0 Å². The van der Waals surface area contributed by atoms with Gasteiger partial charge in [-0.2, -0.15) is 0 Å². The van der Waals surface area contributed by atoms with Crippen LogP contribution in [0.1, 0.15) is 21.7 Å². The van der Waals surface area contributed by atoms with E-state index in [4.69, 9.17) is 4.74 Å². The zero-order chi connectivity index (χ0) is 16.4. The summed E-state index contributed by atoms with van der Waals surface area (Å²) in [5, 5.41) is 17.6. The van der Waals surface area contributed by atoms with Crippen molar-refractivity contribution < 1.29 is 14.6 Å². The second-order valence-electron chi connectivity index (χ2n) is 4.90. The predicted octanol–water partition coefficient (Wildman–Crippen LogP) is 2.24. The molecular weight excluding hydrogens is 296 g/mol. The monoisotopic (exact) mass is 310 g/mol. The third kappa shape index (κ3) is 2.89. The van der Waals surface area contributed by atoms with Crippen molar-refractivity contribution in [1.82, 2.24) is 20.0 Å². The normalized spacial score (nSPS) is 11.2. The van der Waals surface area contributed by atoms with Crippen LogP contribution in [0.2, 0.25) is 0 Å². The van der Waals surface area contributed by atoms with Gasteiger partial charge in [-0.05, 0) is 36.4 Å². The van der Waals surface area contributed by atoms with Gasteiger partial charge in [0.25, 0.3) is 0 Å². The van der Waals surface area contributed by atoms with Gasteiger partial charge in [-0.15, -0.1) is 5.10 Å². The molecule has 0 amide bonds. The minimum Gasteiger partial charge on any atom is -0.497 e. The molecule has 23 heavy (non-hydrogen) atoms. The highest BCUT2D eigenvalue weighted by Crippen LogP contribution is 2.24. The quantitative estimate of drug-likeness (QED) is 0.795. The van der Waals surface area contributed by atoms with Crippen LogP contribution in [0.5, 0.6) is 5.75 Å². The van der Waals surface area contributed by atoms with Gasteiger partial charge in [-0.25, -0.2) is 14.5 Å². The van der Waals surface area contributed by atoms with E-state index in [1.807, 2.05) is 0 Å². The highest BCUT2D eigenvalue weighted by Gasteiger charge is 2.12. The fourth-order valence-electron chi connectivity index (χ4n) is 2.23. The Labute approximate surface area is 131 Å². The molecule has 2 aromatic heterocycles. The fourth-order valence-corrected chi connectivity index (χ4v) is 2.23. The summed E-state index contributed by atoms with van der Waals surface area (Å²) < 4.78 is 6.76. The average Bonchev–Trinajstić information content (AvgIpc) is 2.96. The van der Waals surface area contributed by atoms with Crippen molar-refractivity contribution in [3.05, 3.63) is 47.4 Å². The Kier molecular flexibility index (Phi) is 3.76. The van der Waals surface area contributed by atoms with Gasteiger partial charge < -0.3 is 9.84 Å². The molecule has 116 valence electrons. The number of carbonyl (C=O) groups is 1. The van der Waals surface area contributed by atoms with E-state index >= 15 is 0 Å². The maximum atomic E-state index is 11.5. The van der Waals surface area contributed by atoms with Crippen LogP contribution in [-0.4, -0.2) is 38.2 Å². The largest absolute Gasteiger partial charge is 0.497 e. The van der Waals surface area contributed by atoms with Gasteiger partial charge in [0, 0.05) is 12.4 Å². The van der Waals surface area contributed by atoms with E-state index in [1.54, 1.807) is 48.3 Å². The molecule has 0 spiro atoms. The number of aromatic carboxylic acids is 1. The molecule has 2 heterocycles. The number of aryl methyl sites for hydroxylation is 1. The van der Waals surface area contributed by atoms with Crippen LogP contribution < -0.4 is 4.74 Å². The summed E-state index contributed by atoms with van der Waals surface area (Å²) in [5.74, 6) is -0.423. The van der Waals surface area contributed by atoms with Crippen molar-refractivity contribution in [1.29, 1.82) is 0 Å². The molecule has 0 radical (unpaired) electrons. The second-order valence-corrected chi connectivity index (χ2v) is 4.90. The van der Waals surface area contributed by atoms with E-state index in [0.717, 1.165) is 5.69 Å². The van der Waals surface area contributed by atoms with Crippen molar-refractivity contribution in [2.24, 2.45) is 7.05 Å². The van der Waals surface area contributed by atoms with Gasteiger partial charge >= 0.3 is 5.97 Å². The summed E-state index contributed by atoms with van der Waals surface area (Å²) in [6, 6.07) is 6.69. The molecule has 3 aromatic rings. The molecule has 0 aliphatic carbocycles. The van der Waals surface area contributed by atoms with Crippen molar-refractivity contribution in [3.63, 3.8) is 0 Å². The lowest BCUT2D eigenvalue weighted by atomic mass is 10.1. The first-order valence-electron chi connectivity index (χ1n) is 6.83. The standard InChI is InChI=1S/C16H14N4O3/c1-20-11(9-17-19-20)4-3-10-7-14(16(21)22)13-8-12(23-2)5-6-15(13)18-10/h3-9H,1-2H3,(H,21,22). The third-order valence-electron chi connectivity index (χ3n) is 3.44. The minimum atomic E-state index is -1.01. The summed E-state index contributed by atoms with van der Waals surface area (Å²) in [6.07, 6.45) is 5.12. The van der Waals surface area contributed by atoms with Crippen LogP contribution in [0, 0.1) is 0 Å². The third-order valence-corrected chi connectivity index (χ3v) is 3.44. The lowest BCUT2D eigenvalue weighted by Crippen LogP contribution is -2.00. The molecule has 0 aliphatic rings. The molecule has 3 rings (SSSR count). The summed E-state index contributed by atoms with van der Waals surface area (Å²) in [6.45, 7) is 0. The average molecular weight is 310 g/mol. The Bertz CT molecular complexity index is 915. The first-order chi connectivity index (χ1) is 11.1. The van der Waals surface area contributed by atoms with Gasteiger partial charge in [0.1, 0.15) is 5.75 Å². The van der Waals surface area contributed by atoms with E-state index in [9.17, 15) is 9.90 Å². The number of methoxy groups -OCH3 is 1. The number of hydrogen-bond donors (Lipinski definition) is 1. The molecule has 1 N–H and O–H groups in total. The van der Waals surface area contributed by atoms with Crippen LogP contribution in [0.4, 0.5) is 0 Å². The molecule has 1 aromatic carbocycles. The number of aromatic nitrogens is 4. The Morgan fingerprint density at radius 2 is 2.13 bits per heavy atom. The molecular formula is C16H14N4O3. The summed E-state index contributed by atoms with van der Waals surface area (Å²) >= 11 is 0. The van der Waals surface area contributed by atoms with Gasteiger partial charge in [-0.1, -0.05) is 5.21 Å². The Hall–Kier alpha value is -3.22. The van der Waals surface area contributed by atoms with E-state index in [-0.39, 0.29) is 5.56 Å². The highest BCUT2D eigenvalue weighted by molar-refractivity contribution is 6.03. The topological polar surface area (TPSA) is 90.1 Å². The first kappa shape index (κ1) is 14.7. The lowest BCUT2D eigenvalue weighted by molar-refractivity contribution is 0.0699. The van der Waals surface area contributed by atoms with Gasteiger partial charge in [0.05, 0.1) is 35.8 Å². The number of benzene rings is 1. The molecule has 7 nitrogen and oxygen atoms in total. The summed E-state index contributed by atoms with van der Waals surface area (Å²) in [7, 11) is 3.31. The number of carboxylic acid groups (broad SMARTS) is 1. The van der Waals surface area contributed by atoms with Gasteiger partial charge in [0.2, 0.25) is 0 Å². The van der Waals surface area contributed by atoms with Gasteiger partial charge in [0.15, 0.2) is 0 Å². The molecule has 0 unspecified atom stereocenters. The number of ether oxygens (including phenoxy) is 1. The molecule has 0 saturated heterocycles. The van der Waals surface area contributed by atoms with E-state index in [1.165, 1.54) is 13.2 Å². The molecule has 7 heteroatoms. The van der Waals surface area contributed by atoms with Crippen molar-refractivity contribution in [2.45, 2.75) is 0 Å². The fraction of sp³-hybridized carbons (Fsp3) is 0.125. The summed E-state index contributed by atoms with van der Waals surface area (Å²) in [4.78, 5) is 16.0. The van der Waals surface area contributed by atoms with Crippen LogP contribution >= 0.6 is 0 Å². The number of rotatable bonds is 4. The first-order valence-corrected chi connectivity index (χ1v) is 6.83. The summed E-state index contributed by atoms with van der Waals surface area (Å²) in [5.41, 5.74) is 2.10. The second kappa shape index (κ2) is 5.88. The zero-order valence-electron chi connectivity index (χ0n) is 12.6. The van der Waals surface area contributed by atoms with Crippen LogP contribution in [0.3, 0.4) is 0 Å². The zero-order valence-corrected chi connectivity index (χ0v) is 12.6. The van der Waals surface area contributed by atoms with Crippen LogP contribution in [0.25, 0.3) is 23.1 Å². The highest BCUT2D eigenvalue weighted by atomic mass is 16.5. The Morgan fingerprint density at radius 1 is 1.30 bits per heavy atom. The lowest BCUT2D eigenvalue weighted by Gasteiger charge is -2.06. The Balaban J connectivity index is 2.10. The smallest absolute Gasteiger partial charge is 0.336 e. The predicted molar refractivity (Wildman–Crippen MR) is 85.2 cm³/mol. The van der Waals surface area contributed by atoms with E-state index in [2.05, 4.69) is 15.3 Å². The SMILES string of the molecule is COc1ccc2nc(C=Cc3cnnn3C)cc(C(=O)O)c2c1. The van der Waals surface area contributed by atoms with Crippen molar-refractivity contribution in [2.75, 3.05) is 7.11 Å². The molecule has 0 aliphatic heterocycles. The van der Waals surface area contributed by atoms with E-state index in [0.29, 0.717) is 22.3 Å². The van der Waals surface area contributed by atoms with Crippen LogP contribution in [-0.2, 0) is 7.05 Å². The Morgan fingerprint density at radius 3 is 2.78 bits per heavy atom. The maximum absolute atomic E-state index is 11.5. The minimum absolute atomic E-state index is 0.177. The van der Waals surface area contributed by atoms with Gasteiger partial charge in [-0.3, -0.25) is 0 Å². The van der Waals surface area contributed by atoms with Crippen LogP contribution in [0.15, 0.2) is 30.5 Å². The molecule has 0 saturated carbocycles. The maximum Gasteiger partial charge on any atom is 0.336 e. The molecule has 0 atom stereocenters. The van der Waals surface area contributed by atoms with Crippen molar-refractivity contribution in [3.8, 4) is 5.75 Å². The van der Waals surface area contributed by atoms with E-state index < -0.39 is 5.97 Å². The molecule has 0 fully saturated rings. The number of pyridine rings is 1. The molecule has 0 bridgehead atoms. The number of carboxylic acids is 1.